The quantitative estimate of drug-likeness (QED) is 0.715. The highest BCUT2D eigenvalue weighted by Crippen LogP contribution is 2.24. The van der Waals surface area contributed by atoms with Crippen molar-refractivity contribution in [2.75, 3.05) is 19.6 Å². The summed E-state index contributed by atoms with van der Waals surface area (Å²) >= 11 is 0. The summed E-state index contributed by atoms with van der Waals surface area (Å²) in [4.78, 5) is 15.2. The Labute approximate surface area is 166 Å². The van der Waals surface area contributed by atoms with Crippen molar-refractivity contribution >= 4 is 5.91 Å². The van der Waals surface area contributed by atoms with Crippen LogP contribution in [0.25, 0.3) is 5.69 Å². The molecule has 1 atom stereocenters. The van der Waals surface area contributed by atoms with Gasteiger partial charge >= 0.3 is 0 Å². The molecule has 1 aromatic heterocycles. The molecule has 2 aromatic carbocycles. The molecule has 1 aliphatic rings. The predicted octanol–water partition coefficient (Wildman–Crippen LogP) is 3.75. The van der Waals surface area contributed by atoms with Gasteiger partial charge in [-0.3, -0.25) is 9.69 Å². The molecule has 3 aromatic rings. The molecule has 5 nitrogen and oxygen atoms in total. The van der Waals surface area contributed by atoms with Gasteiger partial charge in [0.1, 0.15) is 0 Å². The van der Waals surface area contributed by atoms with Crippen LogP contribution in [0.5, 0.6) is 0 Å². The molecule has 144 valence electrons. The Balaban J connectivity index is 1.44. The van der Waals surface area contributed by atoms with E-state index >= 15 is 0 Å². The molecule has 0 saturated carbocycles. The van der Waals surface area contributed by atoms with Crippen LogP contribution in [0.2, 0.25) is 0 Å². The summed E-state index contributed by atoms with van der Waals surface area (Å²) in [6.07, 6.45) is 4.23. The number of hydrogen-bond donors (Lipinski definition) is 1. The number of carbonyl (C=O) groups is 1. The van der Waals surface area contributed by atoms with Crippen LogP contribution in [-0.2, 0) is 0 Å². The van der Waals surface area contributed by atoms with Gasteiger partial charge in [0.25, 0.3) is 5.91 Å². The van der Waals surface area contributed by atoms with Gasteiger partial charge in [0, 0.05) is 24.0 Å². The maximum atomic E-state index is 12.7. The number of rotatable bonds is 6. The minimum atomic E-state index is -0.0381. The van der Waals surface area contributed by atoms with E-state index in [9.17, 15) is 4.79 Å². The monoisotopic (exact) mass is 374 g/mol. The van der Waals surface area contributed by atoms with Crippen molar-refractivity contribution in [1.82, 2.24) is 20.0 Å². The smallest absolute Gasteiger partial charge is 0.251 e. The highest BCUT2D eigenvalue weighted by molar-refractivity contribution is 5.94. The standard InChI is InChI=1S/C23H26N4O/c1-18-13-14-25-27(18)21-11-9-20(10-12-21)23(28)24-17-22(26-15-5-6-16-26)19-7-3-2-4-8-19/h2-4,7-14,22H,5-6,15-17H2,1H3,(H,24,28)/t22-/m0/s1. The van der Waals surface area contributed by atoms with Crippen molar-refractivity contribution in [1.29, 1.82) is 0 Å². The van der Waals surface area contributed by atoms with Gasteiger partial charge in [-0.2, -0.15) is 5.10 Å². The van der Waals surface area contributed by atoms with E-state index in [-0.39, 0.29) is 11.9 Å². The minimum absolute atomic E-state index is 0.0381. The predicted molar refractivity (Wildman–Crippen MR) is 111 cm³/mol. The SMILES string of the molecule is Cc1ccnn1-c1ccc(C(=O)NC[C@@H](c2ccccc2)N2CCCC2)cc1. The first-order chi connectivity index (χ1) is 13.7. The van der Waals surface area contributed by atoms with Gasteiger partial charge in [-0.05, 0) is 68.8 Å². The zero-order valence-electron chi connectivity index (χ0n) is 16.2. The molecule has 1 fully saturated rings. The second kappa shape index (κ2) is 8.40. The molecule has 1 aliphatic heterocycles. The fourth-order valence-electron chi connectivity index (χ4n) is 3.87. The van der Waals surface area contributed by atoms with Gasteiger partial charge in [-0.15, -0.1) is 0 Å². The number of aryl methyl sites for hydroxylation is 1. The van der Waals surface area contributed by atoms with Gasteiger partial charge in [-0.25, -0.2) is 4.68 Å². The lowest BCUT2D eigenvalue weighted by Gasteiger charge is -2.28. The second-order valence-electron chi connectivity index (χ2n) is 7.31. The molecule has 0 radical (unpaired) electrons. The number of amides is 1. The third kappa shape index (κ3) is 3.99. The number of carbonyl (C=O) groups excluding carboxylic acids is 1. The van der Waals surface area contributed by atoms with E-state index in [1.807, 2.05) is 48.0 Å². The number of likely N-dealkylation sites (tertiary alicyclic amines) is 1. The first kappa shape index (κ1) is 18.4. The van der Waals surface area contributed by atoms with Crippen LogP contribution in [0.4, 0.5) is 0 Å². The van der Waals surface area contributed by atoms with Gasteiger partial charge in [0.15, 0.2) is 0 Å². The van der Waals surface area contributed by atoms with E-state index in [4.69, 9.17) is 0 Å². The highest BCUT2D eigenvalue weighted by atomic mass is 16.1. The first-order valence-electron chi connectivity index (χ1n) is 9.90. The second-order valence-corrected chi connectivity index (χ2v) is 7.31. The fourth-order valence-corrected chi connectivity index (χ4v) is 3.87. The Hall–Kier alpha value is -2.92. The molecule has 0 unspecified atom stereocenters. The molecule has 1 saturated heterocycles. The Bertz CT molecular complexity index is 911. The van der Waals surface area contributed by atoms with Crippen molar-refractivity contribution in [3.8, 4) is 5.69 Å². The fraction of sp³-hybridized carbons (Fsp3) is 0.304. The lowest BCUT2D eigenvalue weighted by atomic mass is 10.1. The van der Waals surface area contributed by atoms with Crippen LogP contribution in [0, 0.1) is 6.92 Å². The Morgan fingerprint density at radius 1 is 1.04 bits per heavy atom. The summed E-state index contributed by atoms with van der Waals surface area (Å²) < 4.78 is 1.86. The van der Waals surface area contributed by atoms with E-state index in [0.717, 1.165) is 24.5 Å². The van der Waals surface area contributed by atoms with Crippen LogP contribution in [0.15, 0.2) is 66.9 Å². The average Bonchev–Trinajstić information content (AvgIpc) is 3.41. The molecular weight excluding hydrogens is 348 g/mol. The van der Waals surface area contributed by atoms with Crippen molar-refractivity contribution < 1.29 is 4.79 Å². The molecule has 1 N–H and O–H groups in total. The normalized spacial score (nSPS) is 15.5. The van der Waals surface area contributed by atoms with Gasteiger partial charge in [-0.1, -0.05) is 30.3 Å². The van der Waals surface area contributed by atoms with Crippen molar-refractivity contribution in [2.24, 2.45) is 0 Å². The summed E-state index contributed by atoms with van der Waals surface area (Å²) in [7, 11) is 0. The number of nitrogens with zero attached hydrogens (tertiary/aromatic N) is 3. The number of hydrogen-bond acceptors (Lipinski definition) is 3. The molecule has 2 heterocycles. The largest absolute Gasteiger partial charge is 0.350 e. The number of aromatic nitrogens is 2. The van der Waals surface area contributed by atoms with Crippen LogP contribution in [-0.4, -0.2) is 40.2 Å². The maximum Gasteiger partial charge on any atom is 0.251 e. The molecular formula is C23H26N4O. The summed E-state index contributed by atoms with van der Waals surface area (Å²) in [6.45, 7) is 4.80. The molecule has 0 bridgehead atoms. The lowest BCUT2D eigenvalue weighted by molar-refractivity contribution is 0.0938. The molecule has 4 rings (SSSR count). The van der Waals surface area contributed by atoms with Gasteiger partial charge in [0.2, 0.25) is 0 Å². The van der Waals surface area contributed by atoms with Crippen LogP contribution in [0.1, 0.15) is 40.5 Å². The maximum absolute atomic E-state index is 12.7. The van der Waals surface area contributed by atoms with Gasteiger partial charge in [0.05, 0.1) is 11.7 Å². The van der Waals surface area contributed by atoms with Crippen LogP contribution < -0.4 is 5.32 Å². The first-order valence-corrected chi connectivity index (χ1v) is 9.90. The summed E-state index contributed by atoms with van der Waals surface area (Å²) in [5.41, 5.74) is 3.95. The number of benzene rings is 2. The third-order valence-corrected chi connectivity index (χ3v) is 5.43. The molecule has 28 heavy (non-hydrogen) atoms. The zero-order valence-corrected chi connectivity index (χ0v) is 16.2. The van der Waals surface area contributed by atoms with Crippen molar-refractivity contribution in [3.63, 3.8) is 0 Å². The summed E-state index contributed by atoms with van der Waals surface area (Å²) in [5.74, 6) is -0.0381. The molecule has 0 spiro atoms. The molecule has 1 amide bonds. The van der Waals surface area contributed by atoms with Crippen LogP contribution >= 0.6 is 0 Å². The Morgan fingerprint density at radius 3 is 2.39 bits per heavy atom. The average molecular weight is 374 g/mol. The van der Waals surface area contributed by atoms with Crippen LogP contribution in [0.3, 0.4) is 0 Å². The minimum Gasteiger partial charge on any atom is -0.350 e. The summed E-state index contributed by atoms with van der Waals surface area (Å²) in [6, 6.07) is 20.2. The zero-order chi connectivity index (χ0) is 19.3. The summed E-state index contributed by atoms with van der Waals surface area (Å²) in [5, 5.41) is 7.45. The van der Waals surface area contributed by atoms with Crippen molar-refractivity contribution in [3.05, 3.63) is 83.7 Å². The lowest BCUT2D eigenvalue weighted by Crippen LogP contribution is -2.36. The van der Waals surface area contributed by atoms with E-state index in [1.54, 1.807) is 6.20 Å². The topological polar surface area (TPSA) is 50.2 Å². The van der Waals surface area contributed by atoms with E-state index in [1.165, 1.54) is 18.4 Å². The Morgan fingerprint density at radius 2 is 1.75 bits per heavy atom. The Kier molecular flexibility index (Phi) is 5.53. The molecule has 5 heteroatoms. The molecule has 0 aliphatic carbocycles. The van der Waals surface area contributed by atoms with E-state index in [2.05, 4.69) is 39.6 Å². The van der Waals surface area contributed by atoms with E-state index in [0.29, 0.717) is 12.1 Å². The van der Waals surface area contributed by atoms with E-state index < -0.39 is 0 Å². The van der Waals surface area contributed by atoms with Gasteiger partial charge < -0.3 is 5.32 Å². The van der Waals surface area contributed by atoms with Crippen molar-refractivity contribution in [2.45, 2.75) is 25.8 Å². The third-order valence-electron chi connectivity index (χ3n) is 5.43. The number of nitrogens with one attached hydrogen (secondary N) is 1. The highest BCUT2D eigenvalue weighted by Gasteiger charge is 2.24.